The van der Waals surface area contributed by atoms with E-state index in [-0.39, 0.29) is 17.3 Å². The molecule has 1 amide bonds. The number of benzene rings is 3. The molecule has 1 atom stereocenters. The van der Waals surface area contributed by atoms with E-state index in [1.54, 1.807) is 37.4 Å². The Balaban J connectivity index is 1.59. The number of carbonyl (C=O) groups excluding carboxylic acids is 1. The molecule has 8 nitrogen and oxygen atoms in total. The zero-order valence-corrected chi connectivity index (χ0v) is 20.8. The molecule has 0 aliphatic carbocycles. The van der Waals surface area contributed by atoms with Crippen molar-refractivity contribution in [1.29, 1.82) is 0 Å². The fourth-order valence-corrected chi connectivity index (χ4v) is 4.56. The van der Waals surface area contributed by atoms with Crippen LogP contribution < -0.4 is 15.0 Å². The number of anilines is 1. The average molecular weight is 519 g/mol. The number of amides is 1. The van der Waals surface area contributed by atoms with E-state index in [1.807, 2.05) is 6.07 Å². The van der Waals surface area contributed by atoms with Crippen molar-refractivity contribution in [3.05, 3.63) is 95.0 Å². The van der Waals surface area contributed by atoms with Crippen LogP contribution in [0.25, 0.3) is 11.0 Å². The van der Waals surface area contributed by atoms with Crippen molar-refractivity contribution in [2.75, 3.05) is 38.3 Å². The van der Waals surface area contributed by atoms with Gasteiger partial charge in [-0.3, -0.25) is 4.79 Å². The van der Waals surface area contributed by atoms with Crippen molar-refractivity contribution in [3.63, 3.8) is 0 Å². The number of nitrogens with zero attached hydrogens (tertiary/aromatic N) is 1. The standard InChI is InChI=1S/C29H27FN2O6/c1-31-28(33)23-17-37-26-16-24(32-10-12-36-13-11-32)27(15-22(23)26)38-25(14-18-2-8-21(30)9-3-18)19-4-6-20(7-5-19)29(34)35/h2-9,15-17,25H,10-14H2,1H3,(H,31,33)(H,34,35). The number of carboxylic acid groups (broad SMARTS) is 1. The molecule has 1 fully saturated rings. The molecule has 3 aromatic carbocycles. The first-order valence-corrected chi connectivity index (χ1v) is 12.3. The van der Waals surface area contributed by atoms with Crippen molar-refractivity contribution >= 4 is 28.5 Å². The molecule has 1 saturated heterocycles. The second-order valence-electron chi connectivity index (χ2n) is 9.01. The highest BCUT2D eigenvalue weighted by Gasteiger charge is 2.24. The first-order valence-electron chi connectivity index (χ1n) is 12.3. The van der Waals surface area contributed by atoms with E-state index in [9.17, 15) is 19.1 Å². The second kappa shape index (κ2) is 10.9. The van der Waals surface area contributed by atoms with Crippen molar-refractivity contribution < 1.29 is 33.0 Å². The molecule has 1 unspecified atom stereocenters. The highest BCUT2D eigenvalue weighted by molar-refractivity contribution is 6.07. The van der Waals surface area contributed by atoms with Crippen LogP contribution in [0.3, 0.4) is 0 Å². The number of nitrogens with one attached hydrogen (secondary N) is 1. The van der Waals surface area contributed by atoms with E-state index in [2.05, 4.69) is 10.2 Å². The molecule has 1 aromatic heterocycles. The van der Waals surface area contributed by atoms with Gasteiger partial charge in [-0.2, -0.15) is 0 Å². The lowest BCUT2D eigenvalue weighted by atomic mass is 9.99. The fourth-order valence-electron chi connectivity index (χ4n) is 4.56. The summed E-state index contributed by atoms with van der Waals surface area (Å²) in [5.74, 6) is -1.09. The zero-order chi connectivity index (χ0) is 26.6. The number of hydrogen-bond acceptors (Lipinski definition) is 6. The maximum absolute atomic E-state index is 13.6. The topological polar surface area (TPSA) is 101 Å². The van der Waals surface area contributed by atoms with Gasteiger partial charge in [0.25, 0.3) is 5.91 Å². The summed E-state index contributed by atoms with van der Waals surface area (Å²) in [7, 11) is 1.56. The Morgan fingerprint density at radius 1 is 1.08 bits per heavy atom. The maximum Gasteiger partial charge on any atom is 0.335 e. The van der Waals surface area contributed by atoms with Crippen molar-refractivity contribution in [3.8, 4) is 5.75 Å². The van der Waals surface area contributed by atoms with Crippen LogP contribution in [0, 0.1) is 5.82 Å². The number of morpholine rings is 1. The summed E-state index contributed by atoms with van der Waals surface area (Å²) in [4.78, 5) is 26.0. The van der Waals surface area contributed by atoms with Gasteiger partial charge in [-0.15, -0.1) is 0 Å². The molecule has 4 aromatic rings. The summed E-state index contributed by atoms with van der Waals surface area (Å²) in [6, 6.07) is 16.4. The van der Waals surface area contributed by atoms with Crippen molar-refractivity contribution in [1.82, 2.24) is 5.32 Å². The fraction of sp³-hybridized carbons (Fsp3) is 0.241. The molecule has 196 valence electrons. The molecule has 1 aliphatic rings. The normalized spacial score (nSPS) is 14.3. The molecule has 1 aliphatic heterocycles. The Labute approximate surface area is 218 Å². The summed E-state index contributed by atoms with van der Waals surface area (Å²) >= 11 is 0. The van der Waals surface area contributed by atoms with E-state index in [4.69, 9.17) is 13.9 Å². The Morgan fingerprint density at radius 3 is 2.45 bits per heavy atom. The van der Waals surface area contributed by atoms with Crippen LogP contribution in [0.15, 0.2) is 71.3 Å². The van der Waals surface area contributed by atoms with E-state index >= 15 is 0 Å². The number of carboxylic acids is 1. The monoisotopic (exact) mass is 518 g/mol. The van der Waals surface area contributed by atoms with Gasteiger partial charge >= 0.3 is 5.97 Å². The highest BCUT2D eigenvalue weighted by Crippen LogP contribution is 2.39. The molecule has 0 radical (unpaired) electrons. The van der Waals surface area contributed by atoms with E-state index in [1.165, 1.54) is 30.5 Å². The van der Waals surface area contributed by atoms with Gasteiger partial charge in [0.2, 0.25) is 0 Å². The van der Waals surface area contributed by atoms with Crippen LogP contribution in [0.1, 0.15) is 37.9 Å². The second-order valence-corrected chi connectivity index (χ2v) is 9.01. The van der Waals surface area contributed by atoms with Gasteiger partial charge in [-0.05, 0) is 41.5 Å². The quantitative estimate of drug-likeness (QED) is 0.345. The predicted molar refractivity (Wildman–Crippen MR) is 140 cm³/mol. The van der Waals surface area contributed by atoms with Gasteiger partial charge in [0.1, 0.15) is 29.5 Å². The molecular weight excluding hydrogens is 491 g/mol. The van der Waals surface area contributed by atoms with E-state index in [0.29, 0.717) is 55.0 Å². The highest BCUT2D eigenvalue weighted by atomic mass is 19.1. The molecule has 9 heteroatoms. The third kappa shape index (κ3) is 5.33. The minimum absolute atomic E-state index is 0.165. The van der Waals surface area contributed by atoms with Gasteiger partial charge in [0.15, 0.2) is 0 Å². The van der Waals surface area contributed by atoms with Gasteiger partial charge in [-0.1, -0.05) is 24.3 Å². The molecule has 0 saturated carbocycles. The summed E-state index contributed by atoms with van der Waals surface area (Å²) in [6.07, 6.45) is 1.30. The SMILES string of the molecule is CNC(=O)c1coc2cc(N3CCOCC3)c(OC(Cc3ccc(F)cc3)c3ccc(C(=O)O)cc3)cc12. The van der Waals surface area contributed by atoms with Crippen LogP contribution >= 0.6 is 0 Å². The Hall–Kier alpha value is -4.37. The lowest BCUT2D eigenvalue weighted by Crippen LogP contribution is -2.36. The van der Waals surface area contributed by atoms with Gasteiger partial charge in [0.05, 0.1) is 30.0 Å². The number of ether oxygens (including phenoxy) is 2. The van der Waals surface area contributed by atoms with E-state index < -0.39 is 12.1 Å². The average Bonchev–Trinajstić information content (AvgIpc) is 3.36. The van der Waals surface area contributed by atoms with Crippen LogP contribution in [0.4, 0.5) is 10.1 Å². The van der Waals surface area contributed by atoms with Crippen molar-refractivity contribution in [2.45, 2.75) is 12.5 Å². The van der Waals surface area contributed by atoms with Crippen LogP contribution in [-0.4, -0.2) is 50.3 Å². The summed E-state index contributed by atoms with van der Waals surface area (Å²) in [5, 5.41) is 12.6. The molecule has 0 spiro atoms. The lowest BCUT2D eigenvalue weighted by Gasteiger charge is -2.31. The minimum atomic E-state index is -1.02. The third-order valence-electron chi connectivity index (χ3n) is 6.61. The van der Waals surface area contributed by atoms with Crippen LogP contribution in [-0.2, 0) is 11.2 Å². The summed E-state index contributed by atoms with van der Waals surface area (Å²) < 4.78 is 31.5. The smallest absolute Gasteiger partial charge is 0.335 e. The number of carbonyl (C=O) groups is 2. The first kappa shape index (κ1) is 25.3. The lowest BCUT2D eigenvalue weighted by molar-refractivity contribution is 0.0696. The van der Waals surface area contributed by atoms with Crippen LogP contribution in [0.2, 0.25) is 0 Å². The molecular formula is C29H27FN2O6. The molecule has 0 bridgehead atoms. The minimum Gasteiger partial charge on any atom is -0.483 e. The van der Waals surface area contributed by atoms with E-state index in [0.717, 1.165) is 16.8 Å². The van der Waals surface area contributed by atoms with Gasteiger partial charge in [-0.25, -0.2) is 9.18 Å². The number of furan rings is 1. The summed E-state index contributed by atoms with van der Waals surface area (Å²) in [5.41, 5.74) is 3.51. The van der Waals surface area contributed by atoms with Crippen molar-refractivity contribution in [2.24, 2.45) is 0 Å². The molecule has 5 rings (SSSR count). The van der Waals surface area contributed by atoms with Crippen LogP contribution in [0.5, 0.6) is 5.75 Å². The first-order chi connectivity index (χ1) is 18.4. The molecule has 38 heavy (non-hydrogen) atoms. The zero-order valence-electron chi connectivity index (χ0n) is 20.8. The maximum atomic E-state index is 13.6. The largest absolute Gasteiger partial charge is 0.483 e. The molecule has 2 heterocycles. The predicted octanol–water partition coefficient (Wildman–Crippen LogP) is 4.83. The number of halogens is 1. The van der Waals surface area contributed by atoms with Gasteiger partial charge < -0.3 is 29.2 Å². The Kier molecular flexibility index (Phi) is 7.28. The van der Waals surface area contributed by atoms with Gasteiger partial charge in [0, 0.05) is 38.0 Å². The Bertz CT molecular complexity index is 1440. The third-order valence-corrected chi connectivity index (χ3v) is 6.61. The number of fused-ring (bicyclic) bond motifs is 1. The Morgan fingerprint density at radius 2 is 1.79 bits per heavy atom. The summed E-state index contributed by atoms with van der Waals surface area (Å²) in [6.45, 7) is 2.44. The number of hydrogen-bond donors (Lipinski definition) is 2. The number of aromatic carboxylic acids is 1. The number of rotatable bonds is 8. The molecule has 2 N–H and O–H groups in total.